The second-order valence-corrected chi connectivity index (χ2v) is 5.06. The summed E-state index contributed by atoms with van der Waals surface area (Å²) in [4.78, 5) is 12.1. The van der Waals surface area contributed by atoms with Crippen LogP contribution in [0.3, 0.4) is 0 Å². The Morgan fingerprint density at radius 2 is 1.95 bits per heavy atom. The second kappa shape index (κ2) is 4.54. The van der Waals surface area contributed by atoms with Crippen LogP contribution in [0.25, 0.3) is 11.1 Å². The van der Waals surface area contributed by atoms with Gasteiger partial charge in [0.2, 0.25) is 0 Å². The number of hydrogen-bond acceptors (Lipinski definition) is 2. The summed E-state index contributed by atoms with van der Waals surface area (Å²) in [6, 6.07) is 12.3. The van der Waals surface area contributed by atoms with Crippen molar-refractivity contribution < 1.29 is 4.79 Å². The van der Waals surface area contributed by atoms with Crippen molar-refractivity contribution in [3.8, 4) is 11.1 Å². The van der Waals surface area contributed by atoms with Gasteiger partial charge in [0.15, 0.2) is 5.78 Å². The van der Waals surface area contributed by atoms with Crippen LogP contribution in [0.5, 0.6) is 0 Å². The van der Waals surface area contributed by atoms with Gasteiger partial charge >= 0.3 is 0 Å². The fourth-order valence-corrected chi connectivity index (χ4v) is 2.84. The van der Waals surface area contributed by atoms with E-state index in [-0.39, 0.29) is 5.78 Å². The number of hydrogen-bond donors (Lipinski definition) is 1. The fraction of sp³-hybridized carbons (Fsp3) is 0.235. The molecule has 0 radical (unpaired) electrons. The zero-order valence-electron chi connectivity index (χ0n) is 11.1. The summed E-state index contributed by atoms with van der Waals surface area (Å²) in [7, 11) is 0. The van der Waals surface area contributed by atoms with E-state index in [4.69, 9.17) is 5.73 Å². The Hall–Kier alpha value is -2.09. The van der Waals surface area contributed by atoms with E-state index in [0.717, 1.165) is 18.4 Å². The lowest BCUT2D eigenvalue weighted by atomic mass is 9.97. The largest absolute Gasteiger partial charge is 0.398 e. The number of ketones is 1. The van der Waals surface area contributed by atoms with Crippen molar-refractivity contribution in [2.45, 2.75) is 26.2 Å². The normalized spacial score (nSPS) is 12.1. The maximum atomic E-state index is 12.1. The average molecular weight is 251 g/mol. The molecule has 19 heavy (non-hydrogen) atoms. The van der Waals surface area contributed by atoms with Gasteiger partial charge in [-0.15, -0.1) is 0 Å². The van der Waals surface area contributed by atoms with Crippen LogP contribution in [0.2, 0.25) is 0 Å². The van der Waals surface area contributed by atoms with Gasteiger partial charge in [0.05, 0.1) is 0 Å². The van der Waals surface area contributed by atoms with E-state index in [1.807, 2.05) is 31.2 Å². The van der Waals surface area contributed by atoms with Crippen LogP contribution in [0, 0.1) is 0 Å². The summed E-state index contributed by atoms with van der Waals surface area (Å²) >= 11 is 0. The Balaban J connectivity index is 2.10. The van der Waals surface area contributed by atoms with Crippen molar-refractivity contribution in [3.63, 3.8) is 0 Å². The Labute approximate surface area is 113 Å². The van der Waals surface area contributed by atoms with Crippen molar-refractivity contribution in [2.24, 2.45) is 0 Å². The van der Waals surface area contributed by atoms with Crippen LogP contribution < -0.4 is 5.73 Å². The smallest absolute Gasteiger partial charge is 0.164 e. The molecule has 0 amide bonds. The van der Waals surface area contributed by atoms with Crippen LogP contribution in [-0.2, 0) is 6.42 Å². The van der Waals surface area contributed by atoms with Gasteiger partial charge in [-0.25, -0.2) is 0 Å². The highest BCUT2D eigenvalue weighted by atomic mass is 16.1. The van der Waals surface area contributed by atoms with Crippen LogP contribution >= 0.6 is 0 Å². The summed E-state index contributed by atoms with van der Waals surface area (Å²) in [5.74, 6) is 0.152. The van der Waals surface area contributed by atoms with Gasteiger partial charge in [-0.3, -0.25) is 4.79 Å². The standard InChI is InChI=1S/C17H17NO/c1-2-5-16(19)14-9-8-13-12-7-4-3-6-11(12)10-15(13)17(14)18/h3-4,6-9H,2,5,10,18H2,1H3. The Kier molecular flexibility index (Phi) is 2.86. The molecular formula is C17H17NO. The molecule has 0 aromatic heterocycles. The molecule has 3 rings (SSSR count). The fourth-order valence-electron chi connectivity index (χ4n) is 2.84. The third kappa shape index (κ3) is 1.84. The number of anilines is 1. The molecular weight excluding hydrogens is 234 g/mol. The Bertz CT molecular complexity index is 658. The number of fused-ring (bicyclic) bond motifs is 3. The van der Waals surface area contributed by atoms with Gasteiger partial charge in [-0.2, -0.15) is 0 Å². The monoisotopic (exact) mass is 251 g/mol. The second-order valence-electron chi connectivity index (χ2n) is 5.06. The predicted octanol–water partition coefficient (Wildman–Crippen LogP) is 3.82. The minimum absolute atomic E-state index is 0.152. The third-order valence-electron chi connectivity index (χ3n) is 3.81. The van der Waals surface area contributed by atoms with Crippen molar-refractivity contribution in [2.75, 3.05) is 5.73 Å². The van der Waals surface area contributed by atoms with E-state index < -0.39 is 0 Å². The van der Waals surface area contributed by atoms with Crippen molar-refractivity contribution >= 4 is 11.5 Å². The molecule has 0 fully saturated rings. The molecule has 2 nitrogen and oxygen atoms in total. The topological polar surface area (TPSA) is 43.1 Å². The molecule has 2 aromatic rings. The van der Waals surface area contributed by atoms with E-state index in [0.29, 0.717) is 17.7 Å². The molecule has 0 spiro atoms. The Morgan fingerprint density at radius 1 is 1.16 bits per heavy atom. The highest BCUT2D eigenvalue weighted by Gasteiger charge is 2.23. The SMILES string of the molecule is CCCC(=O)c1ccc2c(c1N)Cc1ccccc1-2. The number of rotatable bonds is 3. The predicted molar refractivity (Wildman–Crippen MR) is 78.3 cm³/mol. The molecule has 1 aliphatic rings. The lowest BCUT2D eigenvalue weighted by Crippen LogP contribution is -2.06. The summed E-state index contributed by atoms with van der Waals surface area (Å²) in [5.41, 5.74) is 12.4. The molecule has 0 aliphatic heterocycles. The minimum atomic E-state index is 0.152. The Morgan fingerprint density at radius 3 is 2.74 bits per heavy atom. The molecule has 1 aliphatic carbocycles. The molecule has 0 bridgehead atoms. The molecule has 0 saturated heterocycles. The summed E-state index contributed by atoms with van der Waals surface area (Å²) in [5, 5.41) is 0. The van der Waals surface area contributed by atoms with Gasteiger partial charge in [-0.1, -0.05) is 37.3 Å². The first-order valence-electron chi connectivity index (χ1n) is 6.75. The highest BCUT2D eigenvalue weighted by Crippen LogP contribution is 2.40. The maximum absolute atomic E-state index is 12.1. The third-order valence-corrected chi connectivity index (χ3v) is 3.81. The lowest BCUT2D eigenvalue weighted by Gasteiger charge is -2.09. The van der Waals surface area contributed by atoms with Gasteiger partial charge in [0, 0.05) is 24.1 Å². The molecule has 2 heteroatoms. The van der Waals surface area contributed by atoms with Gasteiger partial charge < -0.3 is 5.73 Å². The number of nitrogen functional groups attached to an aromatic ring is 1. The van der Waals surface area contributed by atoms with Crippen LogP contribution in [0.4, 0.5) is 5.69 Å². The molecule has 0 saturated carbocycles. The zero-order valence-corrected chi connectivity index (χ0v) is 11.1. The first-order valence-corrected chi connectivity index (χ1v) is 6.75. The average Bonchev–Trinajstić information content (AvgIpc) is 2.79. The lowest BCUT2D eigenvalue weighted by molar-refractivity contribution is 0.0982. The molecule has 2 N–H and O–H groups in total. The molecule has 0 heterocycles. The van der Waals surface area contributed by atoms with Crippen LogP contribution in [-0.4, -0.2) is 5.78 Å². The molecule has 0 atom stereocenters. The number of Topliss-reactive ketones (excluding diaryl/α,β-unsaturated/α-hetero) is 1. The molecule has 96 valence electrons. The van der Waals surface area contributed by atoms with Gasteiger partial charge in [-0.05, 0) is 34.7 Å². The first-order chi connectivity index (χ1) is 9.22. The molecule has 0 unspecified atom stereocenters. The summed E-state index contributed by atoms with van der Waals surface area (Å²) in [6.45, 7) is 2.01. The zero-order chi connectivity index (χ0) is 13.4. The summed E-state index contributed by atoms with van der Waals surface area (Å²) < 4.78 is 0. The minimum Gasteiger partial charge on any atom is -0.398 e. The van der Waals surface area contributed by atoms with Crippen molar-refractivity contribution in [1.29, 1.82) is 0 Å². The highest BCUT2D eigenvalue weighted by molar-refractivity contribution is 6.03. The van der Waals surface area contributed by atoms with E-state index in [1.54, 1.807) is 0 Å². The van der Waals surface area contributed by atoms with Gasteiger partial charge in [0.1, 0.15) is 0 Å². The van der Waals surface area contributed by atoms with E-state index in [9.17, 15) is 4.79 Å². The molecule has 2 aromatic carbocycles. The maximum Gasteiger partial charge on any atom is 0.164 e. The van der Waals surface area contributed by atoms with Crippen molar-refractivity contribution in [1.82, 2.24) is 0 Å². The van der Waals surface area contributed by atoms with Gasteiger partial charge in [0.25, 0.3) is 0 Å². The number of nitrogens with two attached hydrogens (primary N) is 1. The van der Waals surface area contributed by atoms with E-state index >= 15 is 0 Å². The number of benzene rings is 2. The van der Waals surface area contributed by atoms with E-state index in [2.05, 4.69) is 12.1 Å². The van der Waals surface area contributed by atoms with Crippen LogP contribution in [0.15, 0.2) is 36.4 Å². The first kappa shape index (κ1) is 12.0. The van der Waals surface area contributed by atoms with Crippen LogP contribution in [0.1, 0.15) is 41.3 Å². The number of carbonyl (C=O) groups excluding carboxylic acids is 1. The summed E-state index contributed by atoms with van der Waals surface area (Å²) in [6.07, 6.45) is 2.26. The number of carbonyl (C=O) groups is 1. The van der Waals surface area contributed by atoms with Crippen molar-refractivity contribution in [3.05, 3.63) is 53.1 Å². The quantitative estimate of drug-likeness (QED) is 0.568. The van der Waals surface area contributed by atoms with E-state index in [1.165, 1.54) is 16.7 Å².